The van der Waals surface area contributed by atoms with Crippen molar-refractivity contribution in [2.45, 2.75) is 37.5 Å². The summed E-state index contributed by atoms with van der Waals surface area (Å²) in [4.78, 5) is 29.8. The molecule has 2 unspecified atom stereocenters. The van der Waals surface area contributed by atoms with Crippen molar-refractivity contribution >= 4 is 39.3 Å². The van der Waals surface area contributed by atoms with Gasteiger partial charge in [0.1, 0.15) is 6.10 Å². The zero-order valence-corrected chi connectivity index (χ0v) is 17.0. The summed E-state index contributed by atoms with van der Waals surface area (Å²) in [6.07, 6.45) is 2.11. The van der Waals surface area contributed by atoms with Crippen molar-refractivity contribution in [3.05, 3.63) is 56.2 Å². The summed E-state index contributed by atoms with van der Waals surface area (Å²) in [5.74, 6) is 0.0808. The Morgan fingerprint density at radius 1 is 1.15 bits per heavy atom. The van der Waals surface area contributed by atoms with Gasteiger partial charge >= 0.3 is 6.09 Å². The van der Waals surface area contributed by atoms with Crippen LogP contribution in [0.2, 0.25) is 0 Å². The molecule has 2 atom stereocenters. The van der Waals surface area contributed by atoms with E-state index in [0.717, 1.165) is 27.9 Å². The molecule has 27 heavy (non-hydrogen) atoms. The van der Waals surface area contributed by atoms with Gasteiger partial charge in [0.15, 0.2) is 0 Å². The fourth-order valence-electron chi connectivity index (χ4n) is 4.58. The van der Waals surface area contributed by atoms with Gasteiger partial charge in [0.25, 0.3) is 5.91 Å². The van der Waals surface area contributed by atoms with Crippen LogP contribution in [0.4, 0.5) is 4.79 Å². The lowest BCUT2D eigenvalue weighted by atomic mass is 9.99. The molecule has 0 N–H and O–H groups in total. The van der Waals surface area contributed by atoms with Gasteiger partial charge in [-0.15, -0.1) is 11.3 Å². The van der Waals surface area contributed by atoms with Gasteiger partial charge in [-0.2, -0.15) is 0 Å². The van der Waals surface area contributed by atoms with E-state index in [2.05, 4.69) is 28.1 Å². The predicted octanol–water partition coefficient (Wildman–Crippen LogP) is 4.23. The average Bonchev–Trinajstić information content (AvgIpc) is 3.34. The first-order chi connectivity index (χ1) is 13.1. The lowest BCUT2D eigenvalue weighted by Gasteiger charge is -2.37. The Bertz CT molecular complexity index is 906. The van der Waals surface area contributed by atoms with Crippen molar-refractivity contribution in [2.24, 2.45) is 0 Å². The summed E-state index contributed by atoms with van der Waals surface area (Å²) >= 11 is 4.88. The molecule has 5 rings (SSSR count). The van der Waals surface area contributed by atoms with Gasteiger partial charge in [-0.3, -0.25) is 9.69 Å². The van der Waals surface area contributed by atoms with E-state index in [1.165, 1.54) is 22.5 Å². The second-order valence-corrected chi connectivity index (χ2v) is 9.77. The minimum Gasteiger partial charge on any atom is -0.443 e. The number of carbonyl (C=O) groups is 2. The van der Waals surface area contributed by atoms with E-state index >= 15 is 0 Å². The number of likely N-dealkylation sites (tertiary alicyclic amines) is 1. The highest BCUT2D eigenvalue weighted by atomic mass is 79.9. The number of rotatable bonds is 2. The standard InChI is InChI=1S/C20H19BrN2O3S/c21-17-6-5-16(27-17)19(24)22-9-7-13(8-10-22)23-18-14-4-2-1-3-12(14)11-15(18)26-20(23)25/h1-6,13,15,18H,7-11H2. The van der Waals surface area contributed by atoms with Crippen molar-refractivity contribution < 1.29 is 14.3 Å². The van der Waals surface area contributed by atoms with Crippen molar-refractivity contribution in [1.29, 1.82) is 0 Å². The molecule has 2 fully saturated rings. The summed E-state index contributed by atoms with van der Waals surface area (Å²) in [5, 5.41) is 0. The number of nitrogens with zero attached hydrogens (tertiary/aromatic N) is 2. The molecule has 2 aromatic rings. The molecule has 0 bridgehead atoms. The van der Waals surface area contributed by atoms with Crippen molar-refractivity contribution in [1.82, 2.24) is 9.80 Å². The fourth-order valence-corrected chi connectivity index (χ4v) is 5.94. The van der Waals surface area contributed by atoms with E-state index in [-0.39, 0.29) is 30.2 Å². The smallest absolute Gasteiger partial charge is 0.411 e. The van der Waals surface area contributed by atoms with Crippen LogP contribution in [0, 0.1) is 0 Å². The summed E-state index contributed by atoms with van der Waals surface area (Å²) in [5.41, 5.74) is 2.50. The van der Waals surface area contributed by atoms with Gasteiger partial charge in [0, 0.05) is 25.6 Å². The number of benzene rings is 1. The number of thiophene rings is 1. The normalized spacial score (nSPS) is 24.7. The van der Waals surface area contributed by atoms with Gasteiger partial charge in [0.2, 0.25) is 0 Å². The third kappa shape index (κ3) is 2.88. The van der Waals surface area contributed by atoms with E-state index < -0.39 is 0 Å². The Hall–Kier alpha value is -1.86. The van der Waals surface area contributed by atoms with Crippen LogP contribution in [-0.2, 0) is 11.2 Å². The zero-order valence-electron chi connectivity index (χ0n) is 14.6. The molecule has 2 amide bonds. The van der Waals surface area contributed by atoms with Gasteiger partial charge in [-0.05, 0) is 52.0 Å². The molecule has 0 spiro atoms. The van der Waals surface area contributed by atoms with Gasteiger partial charge in [0.05, 0.1) is 14.7 Å². The summed E-state index contributed by atoms with van der Waals surface area (Å²) in [6.45, 7) is 1.34. The van der Waals surface area contributed by atoms with Crippen LogP contribution in [-0.4, -0.2) is 47.0 Å². The Kier molecular flexibility index (Phi) is 4.24. The van der Waals surface area contributed by atoms with Crippen LogP contribution in [0.15, 0.2) is 40.2 Å². The Morgan fingerprint density at radius 2 is 1.93 bits per heavy atom. The molecule has 140 valence electrons. The summed E-state index contributed by atoms with van der Waals surface area (Å²) < 4.78 is 6.65. The zero-order chi connectivity index (χ0) is 18.5. The molecule has 1 aromatic heterocycles. The second-order valence-electron chi connectivity index (χ2n) is 7.30. The van der Waals surface area contributed by atoms with Gasteiger partial charge < -0.3 is 9.64 Å². The maximum atomic E-state index is 12.7. The Labute approximate surface area is 170 Å². The van der Waals surface area contributed by atoms with Gasteiger partial charge in [-0.1, -0.05) is 24.3 Å². The summed E-state index contributed by atoms with van der Waals surface area (Å²) in [7, 11) is 0. The number of amides is 2. The largest absolute Gasteiger partial charge is 0.443 e. The SMILES string of the molecule is O=C(c1ccc(Br)s1)N1CCC(N2C(=O)OC3Cc4ccccc4C32)CC1. The number of ether oxygens (including phenoxy) is 1. The molecule has 2 aliphatic heterocycles. The molecule has 1 aliphatic carbocycles. The Morgan fingerprint density at radius 3 is 2.67 bits per heavy atom. The van der Waals surface area contributed by atoms with Gasteiger partial charge in [-0.25, -0.2) is 4.79 Å². The third-order valence-electron chi connectivity index (χ3n) is 5.84. The fraction of sp³-hybridized carbons (Fsp3) is 0.400. The third-order valence-corrected chi connectivity index (χ3v) is 7.45. The van der Waals surface area contributed by atoms with Crippen LogP contribution in [0.3, 0.4) is 0 Å². The number of hydrogen-bond acceptors (Lipinski definition) is 4. The first kappa shape index (κ1) is 17.3. The first-order valence-corrected chi connectivity index (χ1v) is 10.8. The number of hydrogen-bond donors (Lipinski definition) is 0. The number of carbonyl (C=O) groups excluding carboxylic acids is 2. The van der Waals surface area contributed by atoms with E-state index in [0.29, 0.717) is 13.1 Å². The van der Waals surface area contributed by atoms with E-state index in [9.17, 15) is 9.59 Å². The molecule has 2 saturated heterocycles. The molecule has 0 saturated carbocycles. The molecular formula is C20H19BrN2O3S. The van der Waals surface area contributed by atoms with Crippen LogP contribution >= 0.6 is 27.3 Å². The minimum atomic E-state index is -0.202. The summed E-state index contributed by atoms with van der Waals surface area (Å²) in [6, 6.07) is 12.2. The predicted molar refractivity (Wildman–Crippen MR) is 106 cm³/mol. The minimum absolute atomic E-state index is 0.0224. The molecule has 0 radical (unpaired) electrons. The second kappa shape index (κ2) is 6.63. The van der Waals surface area contributed by atoms with Crippen molar-refractivity contribution in [3.63, 3.8) is 0 Å². The van der Waals surface area contributed by atoms with E-state index in [1.54, 1.807) is 0 Å². The lowest BCUT2D eigenvalue weighted by molar-refractivity contribution is 0.0640. The highest BCUT2D eigenvalue weighted by Gasteiger charge is 2.50. The van der Waals surface area contributed by atoms with E-state index in [1.807, 2.05) is 34.1 Å². The maximum absolute atomic E-state index is 12.7. The number of fused-ring (bicyclic) bond motifs is 3. The molecular weight excluding hydrogens is 428 g/mol. The molecule has 3 aliphatic rings. The van der Waals surface area contributed by atoms with E-state index in [4.69, 9.17) is 4.74 Å². The highest BCUT2D eigenvalue weighted by Crippen LogP contribution is 2.44. The monoisotopic (exact) mass is 446 g/mol. The number of piperidine rings is 1. The number of halogens is 1. The quantitative estimate of drug-likeness (QED) is 0.693. The average molecular weight is 447 g/mol. The van der Waals surface area contributed by atoms with Crippen LogP contribution in [0.25, 0.3) is 0 Å². The molecule has 7 heteroatoms. The molecule has 3 heterocycles. The van der Waals surface area contributed by atoms with Crippen molar-refractivity contribution in [2.75, 3.05) is 13.1 Å². The first-order valence-electron chi connectivity index (χ1n) is 9.23. The van der Waals surface area contributed by atoms with Crippen LogP contribution in [0.1, 0.15) is 39.7 Å². The Balaban J connectivity index is 1.31. The highest BCUT2D eigenvalue weighted by molar-refractivity contribution is 9.11. The maximum Gasteiger partial charge on any atom is 0.411 e. The van der Waals surface area contributed by atoms with Crippen LogP contribution in [0.5, 0.6) is 0 Å². The molecule has 5 nitrogen and oxygen atoms in total. The topological polar surface area (TPSA) is 49.9 Å². The van der Waals surface area contributed by atoms with Crippen molar-refractivity contribution in [3.8, 4) is 0 Å². The van der Waals surface area contributed by atoms with Crippen LogP contribution < -0.4 is 0 Å². The lowest BCUT2D eigenvalue weighted by Crippen LogP contribution is -2.47. The molecule has 1 aromatic carbocycles.